The van der Waals surface area contributed by atoms with Crippen molar-refractivity contribution >= 4 is 11.4 Å². The van der Waals surface area contributed by atoms with E-state index in [0.717, 1.165) is 6.42 Å². The predicted octanol–water partition coefficient (Wildman–Crippen LogP) is 2.51. The lowest BCUT2D eigenvalue weighted by molar-refractivity contribution is 0.673. The van der Waals surface area contributed by atoms with Crippen molar-refractivity contribution in [3.05, 3.63) is 34.7 Å². The Morgan fingerprint density at radius 3 is 2.50 bits per heavy atom. The van der Waals surface area contributed by atoms with E-state index in [1.807, 2.05) is 0 Å². The van der Waals surface area contributed by atoms with Crippen LogP contribution in [0, 0.1) is 0 Å². The second-order valence-electron chi connectivity index (χ2n) is 4.50. The molecule has 1 nitrogen and oxygen atoms in total. The van der Waals surface area contributed by atoms with Gasteiger partial charge in [0.1, 0.15) is 0 Å². The summed E-state index contributed by atoms with van der Waals surface area (Å²) < 4.78 is 0. The number of nitrogens with zero attached hydrogens (tertiary/aromatic N) is 1. The SMILES string of the molecule is CCCCCCC1=c2ccccc2=C(C)[N]1. The lowest BCUT2D eigenvalue weighted by Crippen LogP contribution is -2.22. The minimum Gasteiger partial charge on any atom is -0.257 e. The van der Waals surface area contributed by atoms with Crippen LogP contribution >= 0.6 is 0 Å². The van der Waals surface area contributed by atoms with Gasteiger partial charge in [0.15, 0.2) is 0 Å². The van der Waals surface area contributed by atoms with Gasteiger partial charge in [-0.2, -0.15) is 0 Å². The molecule has 16 heavy (non-hydrogen) atoms. The lowest BCUT2D eigenvalue weighted by Gasteiger charge is -2.02. The molecule has 1 radical (unpaired) electrons. The average Bonchev–Trinajstić information content (AvgIpc) is 2.63. The second-order valence-corrected chi connectivity index (χ2v) is 4.50. The van der Waals surface area contributed by atoms with Crippen molar-refractivity contribution < 1.29 is 0 Å². The van der Waals surface area contributed by atoms with E-state index in [9.17, 15) is 0 Å². The molecule has 1 aliphatic heterocycles. The third-order valence-electron chi connectivity index (χ3n) is 3.20. The van der Waals surface area contributed by atoms with E-state index >= 15 is 0 Å². The van der Waals surface area contributed by atoms with E-state index in [2.05, 4.69) is 43.4 Å². The molecule has 0 spiro atoms. The smallest absolute Gasteiger partial charge is 0.0485 e. The Bertz CT molecular complexity index is 470. The highest BCUT2D eigenvalue weighted by atomic mass is 14.9. The summed E-state index contributed by atoms with van der Waals surface area (Å²) in [5.74, 6) is 0. The Balaban J connectivity index is 2.12. The quantitative estimate of drug-likeness (QED) is 0.669. The van der Waals surface area contributed by atoms with Gasteiger partial charge in [0, 0.05) is 21.8 Å². The summed E-state index contributed by atoms with van der Waals surface area (Å²) in [7, 11) is 0. The van der Waals surface area contributed by atoms with Crippen LogP contribution in [-0.4, -0.2) is 0 Å². The number of fused-ring (bicyclic) bond motifs is 1. The van der Waals surface area contributed by atoms with Crippen LogP contribution in [0.15, 0.2) is 24.3 Å². The normalized spacial score (nSPS) is 13.9. The summed E-state index contributed by atoms with van der Waals surface area (Å²) in [6, 6.07) is 8.58. The van der Waals surface area contributed by atoms with Gasteiger partial charge < -0.3 is 0 Å². The molecule has 0 fully saturated rings. The van der Waals surface area contributed by atoms with Gasteiger partial charge in [-0.25, -0.2) is 0 Å². The molecule has 2 rings (SSSR count). The van der Waals surface area contributed by atoms with Crippen molar-refractivity contribution in [1.29, 1.82) is 0 Å². The molecule has 0 amide bonds. The lowest BCUT2D eigenvalue weighted by atomic mass is 10.1. The summed E-state index contributed by atoms with van der Waals surface area (Å²) >= 11 is 0. The maximum absolute atomic E-state index is 4.69. The van der Waals surface area contributed by atoms with Gasteiger partial charge in [-0.05, 0) is 19.8 Å². The van der Waals surface area contributed by atoms with Crippen molar-refractivity contribution in [1.82, 2.24) is 5.32 Å². The van der Waals surface area contributed by atoms with Gasteiger partial charge in [0.2, 0.25) is 0 Å². The number of benzene rings is 1. The first-order chi connectivity index (χ1) is 7.83. The summed E-state index contributed by atoms with van der Waals surface area (Å²) in [4.78, 5) is 0. The Morgan fingerprint density at radius 2 is 1.75 bits per heavy atom. The van der Waals surface area contributed by atoms with Crippen LogP contribution in [0.5, 0.6) is 0 Å². The highest BCUT2D eigenvalue weighted by molar-refractivity contribution is 5.62. The topological polar surface area (TPSA) is 14.1 Å². The molecule has 0 aliphatic carbocycles. The predicted molar refractivity (Wildman–Crippen MR) is 69.1 cm³/mol. The molecule has 1 aromatic rings. The molecule has 0 saturated heterocycles. The first-order valence-corrected chi connectivity index (χ1v) is 6.34. The number of hydrogen-bond donors (Lipinski definition) is 0. The van der Waals surface area contributed by atoms with Gasteiger partial charge in [0.05, 0.1) is 0 Å². The Kier molecular flexibility index (Phi) is 3.66. The third kappa shape index (κ3) is 2.29. The molecule has 0 N–H and O–H groups in total. The highest BCUT2D eigenvalue weighted by Gasteiger charge is 2.09. The summed E-state index contributed by atoms with van der Waals surface area (Å²) in [6.45, 7) is 4.36. The monoisotopic (exact) mass is 214 g/mol. The zero-order valence-electron chi connectivity index (χ0n) is 10.3. The molecule has 1 aliphatic rings. The molecule has 0 unspecified atom stereocenters. The number of rotatable bonds is 5. The van der Waals surface area contributed by atoms with Crippen molar-refractivity contribution in [3.8, 4) is 0 Å². The Hall–Kier alpha value is -1.24. The molecule has 1 aromatic carbocycles. The highest BCUT2D eigenvalue weighted by Crippen LogP contribution is 2.12. The fourth-order valence-corrected chi connectivity index (χ4v) is 2.28. The largest absolute Gasteiger partial charge is 0.257 e. The van der Waals surface area contributed by atoms with E-state index in [1.54, 1.807) is 0 Å². The molecule has 0 aromatic heterocycles. The molecule has 0 saturated carbocycles. The van der Waals surface area contributed by atoms with E-state index in [4.69, 9.17) is 0 Å². The van der Waals surface area contributed by atoms with Crippen LogP contribution in [0.1, 0.15) is 46.0 Å². The van der Waals surface area contributed by atoms with Gasteiger partial charge in [0.25, 0.3) is 0 Å². The fourth-order valence-electron chi connectivity index (χ4n) is 2.28. The maximum Gasteiger partial charge on any atom is 0.0485 e. The van der Waals surface area contributed by atoms with Crippen LogP contribution in [0.2, 0.25) is 0 Å². The molecule has 0 atom stereocenters. The van der Waals surface area contributed by atoms with Crippen LogP contribution in [-0.2, 0) is 0 Å². The average molecular weight is 214 g/mol. The summed E-state index contributed by atoms with van der Waals surface area (Å²) in [5.41, 5.74) is 2.48. The third-order valence-corrected chi connectivity index (χ3v) is 3.20. The molecule has 1 heteroatoms. The Labute approximate surface area is 97.9 Å². The van der Waals surface area contributed by atoms with Crippen molar-refractivity contribution in [2.75, 3.05) is 0 Å². The zero-order chi connectivity index (χ0) is 11.4. The van der Waals surface area contributed by atoms with Gasteiger partial charge in [-0.15, -0.1) is 0 Å². The van der Waals surface area contributed by atoms with Crippen molar-refractivity contribution in [2.24, 2.45) is 0 Å². The second kappa shape index (κ2) is 5.20. The Morgan fingerprint density at radius 1 is 1.00 bits per heavy atom. The van der Waals surface area contributed by atoms with Gasteiger partial charge in [-0.1, -0.05) is 50.5 Å². The van der Waals surface area contributed by atoms with E-state index in [0.29, 0.717) is 0 Å². The number of unbranched alkanes of at least 4 members (excludes halogenated alkanes) is 3. The zero-order valence-corrected chi connectivity index (χ0v) is 10.3. The van der Waals surface area contributed by atoms with E-state index < -0.39 is 0 Å². The fraction of sp³-hybridized carbons (Fsp3) is 0.467. The van der Waals surface area contributed by atoms with Gasteiger partial charge in [-0.3, -0.25) is 5.32 Å². The van der Waals surface area contributed by atoms with E-state index in [-0.39, 0.29) is 0 Å². The minimum absolute atomic E-state index is 1.13. The number of hydrogen-bond acceptors (Lipinski definition) is 0. The first-order valence-electron chi connectivity index (χ1n) is 6.34. The summed E-state index contributed by atoms with van der Waals surface area (Å²) in [6.07, 6.45) is 6.38. The van der Waals surface area contributed by atoms with E-state index in [1.165, 1.54) is 47.5 Å². The van der Waals surface area contributed by atoms with Crippen LogP contribution < -0.4 is 15.8 Å². The maximum atomic E-state index is 4.69. The molecular weight excluding hydrogens is 194 g/mol. The van der Waals surface area contributed by atoms with Crippen molar-refractivity contribution in [2.45, 2.75) is 46.0 Å². The first kappa shape index (κ1) is 11.3. The summed E-state index contributed by atoms with van der Waals surface area (Å²) in [5, 5.41) is 7.37. The van der Waals surface area contributed by atoms with Crippen LogP contribution in [0.4, 0.5) is 0 Å². The van der Waals surface area contributed by atoms with Crippen LogP contribution in [0.3, 0.4) is 0 Å². The van der Waals surface area contributed by atoms with Crippen molar-refractivity contribution in [3.63, 3.8) is 0 Å². The van der Waals surface area contributed by atoms with Gasteiger partial charge >= 0.3 is 0 Å². The molecule has 0 bridgehead atoms. The van der Waals surface area contributed by atoms with Crippen LogP contribution in [0.25, 0.3) is 11.4 Å². The standard InChI is InChI=1S/C15H20N/c1-3-4-5-6-11-15-14-10-8-7-9-13(14)12(2)16-15/h7-10H,3-6,11H2,1-2H3. The molecular formula is C15H20N. The minimum atomic E-state index is 1.13. The molecule has 85 valence electrons. The molecule has 1 heterocycles.